The molecule has 0 bridgehead atoms. The van der Waals surface area contributed by atoms with E-state index in [0.717, 1.165) is 43.2 Å². The maximum absolute atomic E-state index is 14.8. The van der Waals surface area contributed by atoms with Gasteiger partial charge in [-0.25, -0.2) is 9.37 Å². The van der Waals surface area contributed by atoms with Crippen LogP contribution in [0.4, 0.5) is 38.9 Å². The van der Waals surface area contributed by atoms with Crippen LogP contribution in [0.25, 0.3) is 0 Å². The number of anilines is 6. The van der Waals surface area contributed by atoms with Gasteiger partial charge >= 0.3 is 0 Å². The van der Waals surface area contributed by atoms with Crippen molar-refractivity contribution in [3.63, 3.8) is 0 Å². The lowest BCUT2D eigenvalue weighted by atomic mass is 10.2. The molecule has 36 heavy (non-hydrogen) atoms. The second-order valence-corrected chi connectivity index (χ2v) is 8.77. The van der Waals surface area contributed by atoms with Gasteiger partial charge in [0.2, 0.25) is 5.95 Å². The third kappa shape index (κ3) is 5.35. The summed E-state index contributed by atoms with van der Waals surface area (Å²) in [6.45, 7) is 5.79. The predicted molar refractivity (Wildman–Crippen MR) is 138 cm³/mol. The Balaban J connectivity index is 1.43. The molecule has 2 N–H and O–H groups in total. The Labute approximate surface area is 210 Å². The average Bonchev–Trinajstić information content (AvgIpc) is 2.94. The minimum Gasteiger partial charge on any atom is -0.392 e. The lowest BCUT2D eigenvalue weighted by molar-refractivity contribution is 0.122. The minimum atomic E-state index is -0.469. The number of aromatic nitrogens is 2. The molecule has 0 spiro atoms. The Kier molecular flexibility index (Phi) is 7.45. The number of aliphatic hydroxyl groups excluding tert-OH is 1. The Bertz CT molecular complexity index is 1150. The zero-order valence-corrected chi connectivity index (χ0v) is 20.4. The second kappa shape index (κ2) is 11.1. The monoisotopic (exact) mass is 494 g/mol. The highest BCUT2D eigenvalue weighted by Gasteiger charge is 2.18. The van der Waals surface area contributed by atoms with Crippen molar-refractivity contribution in [2.24, 2.45) is 0 Å². The Morgan fingerprint density at radius 3 is 2.22 bits per heavy atom. The van der Waals surface area contributed by atoms with Crippen LogP contribution in [0.3, 0.4) is 0 Å². The lowest BCUT2D eigenvalue weighted by Gasteiger charge is -2.33. The highest BCUT2D eigenvalue weighted by atomic mass is 19.1. The SMILES string of the molecule is CN(c1ccnc(Nc2cc(N3CCOCC3)cc(N3CCOCC3)c2)n1)c1cccc(CO)c1F. The van der Waals surface area contributed by atoms with Crippen LogP contribution in [0.5, 0.6) is 0 Å². The van der Waals surface area contributed by atoms with Crippen LogP contribution in [0.2, 0.25) is 0 Å². The summed E-state index contributed by atoms with van der Waals surface area (Å²) in [6.07, 6.45) is 1.64. The van der Waals surface area contributed by atoms with E-state index in [1.54, 1.807) is 42.4 Å². The van der Waals surface area contributed by atoms with Gasteiger partial charge in [-0.3, -0.25) is 0 Å². The maximum Gasteiger partial charge on any atom is 0.229 e. The first-order valence-corrected chi connectivity index (χ1v) is 12.1. The number of nitrogens with one attached hydrogen (secondary N) is 1. The van der Waals surface area contributed by atoms with E-state index in [0.29, 0.717) is 43.9 Å². The van der Waals surface area contributed by atoms with E-state index in [2.05, 4.69) is 43.3 Å². The molecule has 10 heteroatoms. The number of morpholine rings is 2. The first-order chi connectivity index (χ1) is 17.6. The fraction of sp³-hybridized carbons (Fsp3) is 0.385. The van der Waals surface area contributed by atoms with Crippen LogP contribution in [-0.4, -0.2) is 74.7 Å². The van der Waals surface area contributed by atoms with Gasteiger partial charge in [0.25, 0.3) is 0 Å². The molecule has 9 nitrogen and oxygen atoms in total. The van der Waals surface area contributed by atoms with E-state index in [4.69, 9.17) is 9.47 Å². The summed E-state index contributed by atoms with van der Waals surface area (Å²) in [6, 6.07) is 13.1. The van der Waals surface area contributed by atoms with E-state index in [9.17, 15) is 9.50 Å². The van der Waals surface area contributed by atoms with Crippen LogP contribution in [-0.2, 0) is 16.1 Å². The molecule has 190 valence electrons. The van der Waals surface area contributed by atoms with Crippen molar-refractivity contribution in [1.82, 2.24) is 9.97 Å². The summed E-state index contributed by atoms with van der Waals surface area (Å²) < 4.78 is 25.9. The van der Waals surface area contributed by atoms with Gasteiger partial charge in [0.15, 0.2) is 5.82 Å². The van der Waals surface area contributed by atoms with E-state index < -0.39 is 5.82 Å². The van der Waals surface area contributed by atoms with Crippen molar-refractivity contribution in [1.29, 1.82) is 0 Å². The molecule has 2 fully saturated rings. The van der Waals surface area contributed by atoms with Crippen molar-refractivity contribution < 1.29 is 19.0 Å². The van der Waals surface area contributed by atoms with Crippen LogP contribution in [0.15, 0.2) is 48.7 Å². The molecular weight excluding hydrogens is 463 g/mol. The molecule has 3 heterocycles. The summed E-state index contributed by atoms with van der Waals surface area (Å²) in [4.78, 5) is 15.3. The van der Waals surface area contributed by atoms with E-state index >= 15 is 0 Å². The van der Waals surface area contributed by atoms with Gasteiger partial charge in [0.1, 0.15) is 5.82 Å². The number of aliphatic hydroxyl groups is 1. The highest BCUT2D eigenvalue weighted by Crippen LogP contribution is 2.31. The molecule has 0 saturated carbocycles. The van der Waals surface area contributed by atoms with Crippen LogP contribution >= 0.6 is 0 Å². The normalized spacial score (nSPS) is 16.2. The molecule has 5 rings (SSSR count). The van der Waals surface area contributed by atoms with Gasteiger partial charge in [0, 0.05) is 62.0 Å². The third-order valence-electron chi connectivity index (χ3n) is 6.49. The fourth-order valence-electron chi connectivity index (χ4n) is 4.47. The summed E-state index contributed by atoms with van der Waals surface area (Å²) in [5.41, 5.74) is 3.66. The first-order valence-electron chi connectivity index (χ1n) is 12.1. The lowest BCUT2D eigenvalue weighted by Crippen LogP contribution is -2.38. The molecule has 2 saturated heterocycles. The zero-order valence-electron chi connectivity index (χ0n) is 20.4. The number of ether oxygens (including phenoxy) is 2. The number of benzene rings is 2. The topological polar surface area (TPSA) is 86.2 Å². The Morgan fingerprint density at radius 1 is 0.972 bits per heavy atom. The van der Waals surface area contributed by atoms with Crippen molar-refractivity contribution in [2.75, 3.05) is 79.7 Å². The van der Waals surface area contributed by atoms with Crippen LogP contribution in [0, 0.1) is 5.82 Å². The number of nitrogens with zero attached hydrogens (tertiary/aromatic N) is 5. The maximum atomic E-state index is 14.8. The quantitative estimate of drug-likeness (QED) is 0.514. The van der Waals surface area contributed by atoms with E-state index in [1.165, 1.54) is 0 Å². The van der Waals surface area contributed by atoms with E-state index in [1.807, 2.05) is 0 Å². The molecule has 0 unspecified atom stereocenters. The molecule has 2 aliphatic heterocycles. The molecule has 1 aromatic heterocycles. The fourth-order valence-corrected chi connectivity index (χ4v) is 4.47. The van der Waals surface area contributed by atoms with Crippen molar-refractivity contribution in [2.45, 2.75) is 6.61 Å². The summed E-state index contributed by atoms with van der Waals surface area (Å²) in [7, 11) is 1.74. The second-order valence-electron chi connectivity index (χ2n) is 8.77. The van der Waals surface area contributed by atoms with Gasteiger partial charge in [-0.2, -0.15) is 4.98 Å². The van der Waals surface area contributed by atoms with Crippen molar-refractivity contribution in [3.05, 3.63) is 60.0 Å². The molecule has 0 aliphatic carbocycles. The summed E-state index contributed by atoms with van der Waals surface area (Å²) in [5, 5.41) is 12.8. The minimum absolute atomic E-state index is 0.238. The third-order valence-corrected chi connectivity index (χ3v) is 6.49. The number of rotatable bonds is 7. The smallest absolute Gasteiger partial charge is 0.229 e. The van der Waals surface area contributed by atoms with Crippen LogP contribution < -0.4 is 20.0 Å². The Morgan fingerprint density at radius 2 is 1.61 bits per heavy atom. The Hall–Kier alpha value is -3.47. The number of hydrogen-bond donors (Lipinski definition) is 2. The van der Waals surface area contributed by atoms with Crippen LogP contribution in [0.1, 0.15) is 5.56 Å². The predicted octanol–water partition coefficient (Wildman–Crippen LogP) is 3.29. The highest BCUT2D eigenvalue weighted by molar-refractivity contribution is 5.72. The first kappa shape index (κ1) is 24.2. The molecule has 2 aromatic carbocycles. The molecule has 2 aliphatic rings. The number of halogens is 1. The summed E-state index contributed by atoms with van der Waals surface area (Å²) >= 11 is 0. The van der Waals surface area contributed by atoms with Gasteiger partial charge in [-0.15, -0.1) is 0 Å². The standard InChI is InChI=1S/C26H31FN6O3/c1-31(23-4-2-3-19(18-34)25(23)27)24-5-6-28-26(30-24)29-20-15-21(32-7-11-35-12-8-32)17-22(16-20)33-9-13-36-14-10-33/h2-6,15-17,34H,7-14,18H2,1H3,(H,28,29,30). The van der Waals surface area contributed by atoms with Gasteiger partial charge in [-0.1, -0.05) is 12.1 Å². The molecule has 0 atom stereocenters. The molecule has 3 aromatic rings. The van der Waals surface area contributed by atoms with E-state index in [-0.39, 0.29) is 12.2 Å². The molecule has 0 radical (unpaired) electrons. The molecule has 0 amide bonds. The van der Waals surface area contributed by atoms with Gasteiger partial charge in [-0.05, 0) is 30.3 Å². The van der Waals surface area contributed by atoms with Gasteiger partial charge < -0.3 is 34.6 Å². The summed E-state index contributed by atoms with van der Waals surface area (Å²) in [5.74, 6) is 0.466. The van der Waals surface area contributed by atoms with Crippen molar-refractivity contribution >= 4 is 34.5 Å². The number of hydrogen-bond acceptors (Lipinski definition) is 9. The van der Waals surface area contributed by atoms with Gasteiger partial charge in [0.05, 0.1) is 38.7 Å². The average molecular weight is 495 g/mol. The zero-order chi connectivity index (χ0) is 24.9. The van der Waals surface area contributed by atoms with Crippen molar-refractivity contribution in [3.8, 4) is 0 Å². The molecular formula is C26H31FN6O3. The largest absolute Gasteiger partial charge is 0.392 e.